The minimum absolute atomic E-state index is 0.0946. The molecular formula is C31H30N4OS. The van der Waals surface area contributed by atoms with Gasteiger partial charge in [0.2, 0.25) is 0 Å². The number of aromatic nitrogens is 1. The van der Waals surface area contributed by atoms with Gasteiger partial charge in [0.05, 0.1) is 29.4 Å². The number of ketones is 1. The molecule has 37 heavy (non-hydrogen) atoms. The number of benzene rings is 2. The molecule has 2 aliphatic rings. The van der Waals surface area contributed by atoms with E-state index in [1.807, 2.05) is 28.8 Å². The molecule has 0 saturated carbocycles. The van der Waals surface area contributed by atoms with Gasteiger partial charge in [0.25, 0.3) is 0 Å². The summed E-state index contributed by atoms with van der Waals surface area (Å²) in [5.74, 6) is 0.812. The van der Waals surface area contributed by atoms with Crippen LogP contribution in [0.4, 0.5) is 5.69 Å². The molecule has 2 heterocycles. The topological polar surface area (TPSA) is 83.0 Å². The molecular weight excluding hydrogens is 476 g/mol. The minimum Gasteiger partial charge on any atom is -0.384 e. The zero-order valence-electron chi connectivity index (χ0n) is 21.4. The number of nitrogens with two attached hydrogens (primary N) is 1. The van der Waals surface area contributed by atoms with Gasteiger partial charge in [0.1, 0.15) is 5.82 Å². The Labute approximate surface area is 222 Å². The standard InChI is InChI=1S/C31H30N4OS/c1-19-14-22(18-37-28-12-5-4-8-20(28)2)21(3)24(15-19)29-25(16-32)31(33)35(23-9-7-13-34-17-23)26-10-6-11-27(36)30(26)29/h4-5,7-9,12-15,17,29H,6,10-11,18,33H2,1-3H3. The van der Waals surface area contributed by atoms with Crippen LogP contribution in [0.25, 0.3) is 0 Å². The first-order valence-electron chi connectivity index (χ1n) is 12.5. The number of aryl methyl sites for hydroxylation is 2. The fraction of sp³-hybridized carbons (Fsp3) is 0.258. The number of hydrogen-bond acceptors (Lipinski definition) is 6. The van der Waals surface area contributed by atoms with E-state index in [0.717, 1.165) is 46.7 Å². The van der Waals surface area contributed by atoms with E-state index in [2.05, 4.69) is 68.2 Å². The number of anilines is 1. The van der Waals surface area contributed by atoms with E-state index >= 15 is 0 Å². The first-order chi connectivity index (χ1) is 17.9. The first-order valence-corrected chi connectivity index (χ1v) is 13.5. The van der Waals surface area contributed by atoms with Crippen molar-refractivity contribution < 1.29 is 4.79 Å². The van der Waals surface area contributed by atoms with Gasteiger partial charge < -0.3 is 5.73 Å². The highest BCUT2D eigenvalue weighted by Crippen LogP contribution is 2.47. The summed E-state index contributed by atoms with van der Waals surface area (Å²) in [6, 6.07) is 18.9. The zero-order valence-corrected chi connectivity index (χ0v) is 22.2. The molecule has 1 unspecified atom stereocenters. The van der Waals surface area contributed by atoms with Gasteiger partial charge in [0, 0.05) is 34.5 Å². The highest BCUT2D eigenvalue weighted by Gasteiger charge is 2.41. The maximum atomic E-state index is 13.5. The summed E-state index contributed by atoms with van der Waals surface area (Å²) in [4.78, 5) is 20.9. The highest BCUT2D eigenvalue weighted by molar-refractivity contribution is 7.98. The van der Waals surface area contributed by atoms with Crippen LogP contribution in [0.3, 0.4) is 0 Å². The molecule has 1 atom stereocenters. The lowest BCUT2D eigenvalue weighted by Crippen LogP contribution is -2.39. The summed E-state index contributed by atoms with van der Waals surface area (Å²) in [5.41, 5.74) is 15.2. The quantitative estimate of drug-likeness (QED) is 0.392. The number of nitrogens with zero attached hydrogens (tertiary/aromatic N) is 3. The summed E-state index contributed by atoms with van der Waals surface area (Å²) in [7, 11) is 0. The Bertz CT molecular complexity index is 1480. The molecule has 0 spiro atoms. The molecule has 0 fully saturated rings. The second kappa shape index (κ2) is 10.3. The molecule has 186 valence electrons. The lowest BCUT2D eigenvalue weighted by atomic mass is 9.74. The Morgan fingerprint density at radius 2 is 1.95 bits per heavy atom. The predicted octanol–water partition coefficient (Wildman–Crippen LogP) is 6.60. The van der Waals surface area contributed by atoms with Crippen molar-refractivity contribution in [1.82, 2.24) is 4.98 Å². The summed E-state index contributed by atoms with van der Waals surface area (Å²) in [6.07, 6.45) is 5.41. The molecule has 5 rings (SSSR count). The average molecular weight is 507 g/mol. The van der Waals surface area contributed by atoms with Crippen molar-refractivity contribution in [3.63, 3.8) is 0 Å². The van der Waals surface area contributed by atoms with Crippen LogP contribution in [-0.2, 0) is 10.5 Å². The Hall–Kier alpha value is -3.82. The van der Waals surface area contributed by atoms with E-state index in [0.29, 0.717) is 23.4 Å². The number of carbonyl (C=O) groups excluding carboxylic acids is 1. The number of thioether (sulfide) groups is 1. The maximum Gasteiger partial charge on any atom is 0.161 e. The molecule has 6 heteroatoms. The molecule has 3 aromatic rings. The third-order valence-corrected chi connectivity index (χ3v) is 8.53. The summed E-state index contributed by atoms with van der Waals surface area (Å²) >= 11 is 1.81. The Morgan fingerprint density at radius 1 is 1.14 bits per heavy atom. The molecule has 0 bridgehead atoms. The van der Waals surface area contributed by atoms with Gasteiger partial charge in [-0.1, -0.05) is 35.9 Å². The molecule has 1 aliphatic heterocycles. The average Bonchev–Trinajstić information content (AvgIpc) is 2.90. The molecule has 2 aromatic carbocycles. The van der Waals surface area contributed by atoms with Crippen molar-refractivity contribution in [1.29, 1.82) is 5.26 Å². The van der Waals surface area contributed by atoms with Gasteiger partial charge in [-0.2, -0.15) is 5.26 Å². The predicted molar refractivity (Wildman–Crippen MR) is 149 cm³/mol. The molecule has 0 saturated heterocycles. The number of hydrogen-bond donors (Lipinski definition) is 1. The van der Waals surface area contributed by atoms with Crippen molar-refractivity contribution in [2.75, 3.05) is 4.90 Å². The molecule has 1 aliphatic carbocycles. The number of rotatable bonds is 5. The van der Waals surface area contributed by atoms with Crippen molar-refractivity contribution >= 4 is 23.2 Å². The lowest BCUT2D eigenvalue weighted by Gasteiger charge is -2.40. The third kappa shape index (κ3) is 4.56. The lowest BCUT2D eigenvalue weighted by molar-refractivity contribution is -0.116. The molecule has 2 N–H and O–H groups in total. The first kappa shape index (κ1) is 24.9. The minimum atomic E-state index is -0.470. The van der Waals surface area contributed by atoms with Gasteiger partial charge in [-0.05, 0) is 74.1 Å². The Balaban J connectivity index is 1.64. The van der Waals surface area contributed by atoms with Gasteiger partial charge >= 0.3 is 0 Å². The van der Waals surface area contributed by atoms with Gasteiger partial charge in [-0.15, -0.1) is 11.8 Å². The number of nitriles is 1. The van der Waals surface area contributed by atoms with Gasteiger partial charge in [-0.25, -0.2) is 0 Å². The largest absolute Gasteiger partial charge is 0.384 e. The van der Waals surface area contributed by atoms with Crippen LogP contribution in [0.1, 0.15) is 53.0 Å². The van der Waals surface area contributed by atoms with Crippen LogP contribution in [-0.4, -0.2) is 10.8 Å². The molecule has 5 nitrogen and oxygen atoms in total. The van der Waals surface area contributed by atoms with Crippen LogP contribution in [0.15, 0.2) is 88.5 Å². The van der Waals surface area contributed by atoms with Crippen molar-refractivity contribution in [2.45, 2.75) is 56.6 Å². The van der Waals surface area contributed by atoms with Crippen molar-refractivity contribution in [2.24, 2.45) is 5.73 Å². The summed E-state index contributed by atoms with van der Waals surface area (Å²) in [6.45, 7) is 6.31. The smallest absolute Gasteiger partial charge is 0.161 e. The van der Waals surface area contributed by atoms with E-state index in [4.69, 9.17) is 5.73 Å². The van der Waals surface area contributed by atoms with E-state index in [-0.39, 0.29) is 5.78 Å². The van der Waals surface area contributed by atoms with Crippen LogP contribution in [0.2, 0.25) is 0 Å². The van der Waals surface area contributed by atoms with E-state index in [1.165, 1.54) is 16.0 Å². The number of allylic oxidation sites excluding steroid dienone is 3. The molecule has 1 aromatic heterocycles. The Kier molecular flexibility index (Phi) is 6.90. The summed E-state index contributed by atoms with van der Waals surface area (Å²) in [5, 5.41) is 10.4. The molecule has 0 amide bonds. The number of pyridine rings is 1. The monoisotopic (exact) mass is 506 g/mol. The second-order valence-electron chi connectivity index (χ2n) is 9.72. The number of Topliss-reactive ketones (excluding diaryl/α,β-unsaturated/α-hetero) is 1. The van der Waals surface area contributed by atoms with Gasteiger partial charge in [-0.3, -0.25) is 14.7 Å². The van der Waals surface area contributed by atoms with E-state index in [1.54, 1.807) is 12.4 Å². The Morgan fingerprint density at radius 3 is 2.68 bits per heavy atom. The molecule has 0 radical (unpaired) electrons. The fourth-order valence-corrected chi connectivity index (χ4v) is 6.55. The highest BCUT2D eigenvalue weighted by atomic mass is 32.2. The van der Waals surface area contributed by atoms with Crippen molar-refractivity contribution in [3.05, 3.63) is 111 Å². The van der Waals surface area contributed by atoms with E-state index in [9.17, 15) is 10.1 Å². The van der Waals surface area contributed by atoms with Crippen LogP contribution >= 0.6 is 11.8 Å². The fourth-order valence-electron chi connectivity index (χ4n) is 5.47. The second-order valence-corrected chi connectivity index (χ2v) is 10.7. The normalized spacial score (nSPS) is 17.6. The van der Waals surface area contributed by atoms with Crippen molar-refractivity contribution in [3.8, 4) is 6.07 Å². The SMILES string of the molecule is Cc1cc(CSc2ccccc2C)c(C)c(C2C(C#N)=C(N)N(c3cccnc3)C3=C2C(=O)CCC3)c1. The maximum absolute atomic E-state index is 13.5. The number of carbonyl (C=O) groups is 1. The summed E-state index contributed by atoms with van der Waals surface area (Å²) < 4.78 is 0. The third-order valence-electron chi connectivity index (χ3n) is 7.30. The zero-order chi connectivity index (χ0) is 26.1. The van der Waals surface area contributed by atoms with Crippen LogP contribution in [0, 0.1) is 32.1 Å². The van der Waals surface area contributed by atoms with Gasteiger partial charge in [0.15, 0.2) is 5.78 Å². The van der Waals surface area contributed by atoms with Crippen LogP contribution in [0.5, 0.6) is 0 Å². The van der Waals surface area contributed by atoms with Crippen LogP contribution < -0.4 is 10.6 Å². The van der Waals surface area contributed by atoms with E-state index < -0.39 is 5.92 Å².